The summed E-state index contributed by atoms with van der Waals surface area (Å²) < 4.78 is 9.34. The molecular formula is C8H8O4. The van der Waals surface area contributed by atoms with Crippen molar-refractivity contribution < 1.29 is 19.1 Å². The number of carboxylic acids is 1. The van der Waals surface area contributed by atoms with Gasteiger partial charge in [-0.2, -0.15) is 0 Å². The third-order valence-electron chi connectivity index (χ3n) is 1.30. The van der Waals surface area contributed by atoms with E-state index < -0.39 is 5.97 Å². The van der Waals surface area contributed by atoms with E-state index in [9.17, 15) is 4.79 Å². The van der Waals surface area contributed by atoms with Gasteiger partial charge < -0.3 is 14.3 Å². The fourth-order valence-electron chi connectivity index (χ4n) is 0.777. The summed E-state index contributed by atoms with van der Waals surface area (Å²) in [6.07, 6.45) is 3.91. The molecule has 0 unspecified atom stereocenters. The fourth-order valence-corrected chi connectivity index (χ4v) is 0.777. The number of hydrogen-bond donors (Lipinski definition) is 1. The van der Waals surface area contributed by atoms with Crippen LogP contribution in [0.15, 0.2) is 29.3 Å². The molecule has 4 heteroatoms. The van der Waals surface area contributed by atoms with E-state index in [1.54, 1.807) is 6.07 Å². The standard InChI is InChI=1S/C8H8O4/c1-11-5-7(8(9)10)6-2-3-12-4-6/h2-5H,1H3,(H,9,10). The normalized spacial score (nSPS) is 11.2. The van der Waals surface area contributed by atoms with Crippen molar-refractivity contribution in [3.05, 3.63) is 30.4 Å². The summed E-state index contributed by atoms with van der Waals surface area (Å²) in [5.41, 5.74) is 0.565. The van der Waals surface area contributed by atoms with Gasteiger partial charge in [-0.15, -0.1) is 0 Å². The molecule has 0 aliphatic heterocycles. The molecule has 1 rings (SSSR count). The average Bonchev–Trinajstić information content (AvgIpc) is 2.51. The van der Waals surface area contributed by atoms with Gasteiger partial charge in [0.25, 0.3) is 0 Å². The first-order chi connectivity index (χ1) is 5.75. The quantitative estimate of drug-likeness (QED) is 0.546. The van der Waals surface area contributed by atoms with Crippen molar-refractivity contribution in [1.82, 2.24) is 0 Å². The Morgan fingerprint density at radius 3 is 2.92 bits per heavy atom. The number of methoxy groups -OCH3 is 1. The fraction of sp³-hybridized carbons (Fsp3) is 0.125. The Balaban J connectivity index is 2.96. The second-order valence-corrected chi connectivity index (χ2v) is 2.08. The van der Waals surface area contributed by atoms with Crippen LogP contribution in [0.3, 0.4) is 0 Å². The molecule has 0 radical (unpaired) electrons. The van der Waals surface area contributed by atoms with Gasteiger partial charge in [-0.1, -0.05) is 0 Å². The highest BCUT2D eigenvalue weighted by Gasteiger charge is 2.11. The van der Waals surface area contributed by atoms with Crippen molar-refractivity contribution in [2.45, 2.75) is 0 Å². The molecule has 0 saturated carbocycles. The largest absolute Gasteiger partial charge is 0.503 e. The monoisotopic (exact) mass is 168 g/mol. The van der Waals surface area contributed by atoms with E-state index in [1.165, 1.54) is 19.6 Å². The van der Waals surface area contributed by atoms with E-state index in [2.05, 4.69) is 4.74 Å². The van der Waals surface area contributed by atoms with Crippen molar-refractivity contribution in [1.29, 1.82) is 0 Å². The SMILES string of the molecule is COC=C(C(=O)O)c1ccoc1. The predicted molar refractivity (Wildman–Crippen MR) is 41.3 cm³/mol. The van der Waals surface area contributed by atoms with Crippen LogP contribution >= 0.6 is 0 Å². The average molecular weight is 168 g/mol. The molecule has 0 spiro atoms. The molecule has 0 atom stereocenters. The molecule has 64 valence electrons. The summed E-state index contributed by atoms with van der Waals surface area (Å²) in [5, 5.41) is 8.69. The van der Waals surface area contributed by atoms with Gasteiger partial charge in [-0.25, -0.2) is 4.79 Å². The Hall–Kier alpha value is -1.71. The van der Waals surface area contributed by atoms with Crippen molar-refractivity contribution >= 4 is 11.5 Å². The first kappa shape index (κ1) is 8.39. The van der Waals surface area contributed by atoms with E-state index in [0.717, 1.165) is 6.26 Å². The van der Waals surface area contributed by atoms with Gasteiger partial charge >= 0.3 is 5.97 Å². The Kier molecular flexibility index (Phi) is 2.53. The molecule has 0 amide bonds. The van der Waals surface area contributed by atoms with E-state index in [1.807, 2.05) is 0 Å². The number of rotatable bonds is 3. The minimum absolute atomic E-state index is 0.0752. The van der Waals surface area contributed by atoms with E-state index in [0.29, 0.717) is 5.56 Å². The minimum Gasteiger partial charge on any atom is -0.503 e. The second kappa shape index (κ2) is 3.61. The van der Waals surface area contributed by atoms with E-state index in [-0.39, 0.29) is 5.57 Å². The predicted octanol–water partition coefficient (Wildman–Crippen LogP) is 1.35. The maximum Gasteiger partial charge on any atom is 0.339 e. The summed E-state index contributed by atoms with van der Waals surface area (Å²) in [6, 6.07) is 1.55. The molecule has 0 aliphatic carbocycles. The van der Waals surface area contributed by atoms with Crippen LogP contribution in [-0.2, 0) is 9.53 Å². The molecule has 1 heterocycles. The van der Waals surface area contributed by atoms with Crippen LogP contribution in [0.2, 0.25) is 0 Å². The van der Waals surface area contributed by atoms with E-state index >= 15 is 0 Å². The zero-order valence-corrected chi connectivity index (χ0v) is 6.48. The Morgan fingerprint density at radius 2 is 2.50 bits per heavy atom. The van der Waals surface area contributed by atoms with Gasteiger partial charge in [-0.3, -0.25) is 0 Å². The van der Waals surface area contributed by atoms with E-state index in [4.69, 9.17) is 9.52 Å². The summed E-state index contributed by atoms with van der Waals surface area (Å²) in [5.74, 6) is -1.04. The molecule has 0 aromatic carbocycles. The lowest BCUT2D eigenvalue weighted by atomic mass is 10.1. The summed E-state index contributed by atoms with van der Waals surface area (Å²) >= 11 is 0. The molecule has 0 fully saturated rings. The molecule has 0 aliphatic rings. The molecule has 1 aromatic heterocycles. The van der Waals surface area contributed by atoms with Gasteiger partial charge in [0.05, 0.1) is 25.9 Å². The lowest BCUT2D eigenvalue weighted by molar-refractivity contribution is -0.130. The van der Waals surface area contributed by atoms with Gasteiger partial charge in [-0.05, 0) is 6.07 Å². The zero-order valence-electron chi connectivity index (χ0n) is 6.48. The van der Waals surface area contributed by atoms with Gasteiger partial charge in [0.1, 0.15) is 5.57 Å². The van der Waals surface area contributed by atoms with Crippen LogP contribution in [0.1, 0.15) is 5.56 Å². The number of aliphatic carboxylic acids is 1. The third kappa shape index (κ3) is 1.66. The molecule has 12 heavy (non-hydrogen) atoms. The van der Waals surface area contributed by atoms with Crippen LogP contribution in [0, 0.1) is 0 Å². The van der Waals surface area contributed by atoms with Crippen molar-refractivity contribution in [3.63, 3.8) is 0 Å². The van der Waals surface area contributed by atoms with Crippen LogP contribution < -0.4 is 0 Å². The zero-order chi connectivity index (χ0) is 8.97. The summed E-state index contributed by atoms with van der Waals surface area (Å²) in [4.78, 5) is 10.6. The lowest BCUT2D eigenvalue weighted by Gasteiger charge is -1.96. The highest BCUT2D eigenvalue weighted by molar-refractivity contribution is 6.14. The van der Waals surface area contributed by atoms with Crippen LogP contribution in [0.25, 0.3) is 5.57 Å². The van der Waals surface area contributed by atoms with Gasteiger partial charge in [0.15, 0.2) is 0 Å². The minimum atomic E-state index is -1.04. The summed E-state index contributed by atoms with van der Waals surface area (Å²) in [6.45, 7) is 0. The Morgan fingerprint density at radius 1 is 1.75 bits per heavy atom. The lowest BCUT2D eigenvalue weighted by Crippen LogP contribution is -1.98. The second-order valence-electron chi connectivity index (χ2n) is 2.08. The Bertz CT molecular complexity index is 284. The maximum absolute atomic E-state index is 10.6. The molecule has 1 aromatic rings. The topological polar surface area (TPSA) is 59.7 Å². The molecule has 4 nitrogen and oxygen atoms in total. The van der Waals surface area contributed by atoms with Crippen LogP contribution in [0.5, 0.6) is 0 Å². The Labute approximate surface area is 69.1 Å². The van der Waals surface area contributed by atoms with Gasteiger partial charge in [0.2, 0.25) is 0 Å². The first-order valence-electron chi connectivity index (χ1n) is 3.24. The number of carbonyl (C=O) groups is 1. The molecule has 0 saturated heterocycles. The van der Waals surface area contributed by atoms with Crippen molar-refractivity contribution in [2.75, 3.05) is 7.11 Å². The molecule has 0 bridgehead atoms. The van der Waals surface area contributed by atoms with Crippen molar-refractivity contribution in [3.8, 4) is 0 Å². The van der Waals surface area contributed by atoms with Gasteiger partial charge in [0, 0.05) is 5.56 Å². The number of furan rings is 1. The number of ether oxygens (including phenoxy) is 1. The first-order valence-corrected chi connectivity index (χ1v) is 3.24. The molecular weight excluding hydrogens is 160 g/mol. The smallest absolute Gasteiger partial charge is 0.339 e. The highest BCUT2D eigenvalue weighted by atomic mass is 16.5. The highest BCUT2D eigenvalue weighted by Crippen LogP contribution is 2.14. The maximum atomic E-state index is 10.6. The van der Waals surface area contributed by atoms with Crippen LogP contribution in [-0.4, -0.2) is 18.2 Å². The summed E-state index contributed by atoms with van der Waals surface area (Å²) in [7, 11) is 1.39. The van der Waals surface area contributed by atoms with Crippen LogP contribution in [0.4, 0.5) is 0 Å². The molecule has 1 N–H and O–H groups in total. The number of hydrogen-bond acceptors (Lipinski definition) is 3. The van der Waals surface area contributed by atoms with Crippen molar-refractivity contribution in [2.24, 2.45) is 0 Å². The number of carboxylic acid groups (broad SMARTS) is 1. The third-order valence-corrected chi connectivity index (χ3v) is 1.30.